The lowest BCUT2D eigenvalue weighted by molar-refractivity contribution is -0.148. The number of carbonyl (C=O) groups excluding carboxylic acids is 1. The number of ether oxygens (including phenoxy) is 1. The van der Waals surface area contributed by atoms with Crippen molar-refractivity contribution in [3.63, 3.8) is 0 Å². The third kappa shape index (κ3) is 3.23. The van der Waals surface area contributed by atoms with Crippen molar-refractivity contribution < 1.29 is 19.7 Å². The van der Waals surface area contributed by atoms with Crippen molar-refractivity contribution in [1.29, 1.82) is 0 Å². The number of fused-ring (bicyclic) bond motifs is 1. The Labute approximate surface area is 120 Å². The fourth-order valence-electron chi connectivity index (χ4n) is 3.52. The Morgan fingerprint density at radius 2 is 1.90 bits per heavy atom. The van der Waals surface area contributed by atoms with Crippen molar-refractivity contribution in [2.24, 2.45) is 17.3 Å². The summed E-state index contributed by atoms with van der Waals surface area (Å²) >= 11 is 0. The minimum Gasteiger partial charge on any atom is -0.465 e. The van der Waals surface area contributed by atoms with Crippen molar-refractivity contribution in [3.8, 4) is 0 Å². The zero-order chi connectivity index (χ0) is 14.4. The fourth-order valence-corrected chi connectivity index (χ4v) is 3.52. The third-order valence-electron chi connectivity index (χ3n) is 4.77. The normalized spacial score (nSPS) is 32.2. The molecule has 0 bridgehead atoms. The minimum atomic E-state index is -0.390. The second-order valence-electron chi connectivity index (χ2n) is 6.13. The van der Waals surface area contributed by atoms with Crippen LogP contribution in [0.2, 0.25) is 0 Å². The van der Waals surface area contributed by atoms with Gasteiger partial charge in [-0.1, -0.05) is 37.8 Å². The van der Waals surface area contributed by atoms with Crippen LogP contribution in [0.5, 0.6) is 0 Å². The van der Waals surface area contributed by atoms with Crippen LogP contribution in [-0.2, 0) is 9.53 Å². The highest BCUT2D eigenvalue weighted by molar-refractivity contribution is 5.80. The Kier molecular flexibility index (Phi) is 5.61. The molecule has 1 aliphatic heterocycles. The largest absolute Gasteiger partial charge is 0.465 e. The summed E-state index contributed by atoms with van der Waals surface area (Å²) in [5, 5.41) is 18.1. The van der Waals surface area contributed by atoms with Crippen LogP contribution in [0.25, 0.3) is 0 Å². The molecule has 0 unspecified atom stereocenters. The molecular weight excluding hydrogens is 256 g/mol. The summed E-state index contributed by atoms with van der Waals surface area (Å²) < 4.78 is 5.29. The van der Waals surface area contributed by atoms with Gasteiger partial charge in [-0.3, -0.25) is 4.79 Å². The molecule has 2 aliphatic rings. The van der Waals surface area contributed by atoms with Gasteiger partial charge in [0.25, 0.3) is 0 Å². The molecule has 20 heavy (non-hydrogen) atoms. The molecule has 1 fully saturated rings. The summed E-state index contributed by atoms with van der Waals surface area (Å²) in [5.74, 6) is 0.210. The zero-order valence-electron chi connectivity index (χ0n) is 12.1. The summed E-state index contributed by atoms with van der Waals surface area (Å²) in [5.41, 5.74) is -0.390. The number of unbranched alkanes of at least 4 members (excludes halogenated alkanes) is 4. The molecule has 3 atom stereocenters. The van der Waals surface area contributed by atoms with Gasteiger partial charge in [0.1, 0.15) is 0 Å². The molecular formula is C16H26O4. The molecule has 2 N–H and O–H groups in total. The van der Waals surface area contributed by atoms with Crippen LogP contribution in [0.15, 0.2) is 12.2 Å². The van der Waals surface area contributed by atoms with Gasteiger partial charge in [-0.15, -0.1) is 0 Å². The lowest BCUT2D eigenvalue weighted by atomic mass is 9.65. The monoisotopic (exact) mass is 282 g/mol. The van der Waals surface area contributed by atoms with E-state index in [1.165, 1.54) is 0 Å². The molecule has 0 aromatic heterocycles. The van der Waals surface area contributed by atoms with E-state index in [1.807, 2.05) is 6.08 Å². The van der Waals surface area contributed by atoms with Gasteiger partial charge in [0.15, 0.2) is 0 Å². The summed E-state index contributed by atoms with van der Waals surface area (Å²) in [4.78, 5) is 12.2. The van der Waals surface area contributed by atoms with E-state index in [4.69, 9.17) is 9.84 Å². The Morgan fingerprint density at radius 1 is 1.15 bits per heavy atom. The second-order valence-corrected chi connectivity index (χ2v) is 6.13. The highest BCUT2D eigenvalue weighted by atomic mass is 16.5. The predicted octanol–water partition coefficient (Wildman–Crippen LogP) is 2.05. The van der Waals surface area contributed by atoms with Gasteiger partial charge in [0, 0.05) is 25.0 Å². The molecule has 114 valence electrons. The maximum Gasteiger partial charge on any atom is 0.312 e. The van der Waals surface area contributed by atoms with Gasteiger partial charge in [-0.05, 0) is 19.3 Å². The van der Waals surface area contributed by atoms with E-state index in [1.54, 1.807) is 0 Å². The molecule has 0 aromatic carbocycles. The number of cyclic esters (lactones) is 1. The number of rotatable bonds is 8. The molecule has 0 spiro atoms. The molecule has 1 heterocycles. The van der Waals surface area contributed by atoms with Crippen molar-refractivity contribution in [2.45, 2.75) is 44.9 Å². The molecule has 2 rings (SSSR count). The summed E-state index contributed by atoms with van der Waals surface area (Å²) in [7, 11) is 0. The Hall–Kier alpha value is -0.870. The summed E-state index contributed by atoms with van der Waals surface area (Å²) in [6.07, 6.45) is 10.8. The molecule has 1 aliphatic carbocycles. The van der Waals surface area contributed by atoms with Crippen LogP contribution in [0.1, 0.15) is 44.9 Å². The standard InChI is InChI=1S/C16H26O4/c17-9-5-3-1-2-4-8-16-10-13(11-18)6-7-14(16)12-20-15(16)19/h6-7,13-14,17-18H,1-5,8-12H2/t13-,14-,16-/m0/s1. The number of hydrogen-bond acceptors (Lipinski definition) is 4. The summed E-state index contributed by atoms with van der Waals surface area (Å²) in [6.45, 7) is 0.869. The van der Waals surface area contributed by atoms with Gasteiger partial charge >= 0.3 is 5.97 Å². The van der Waals surface area contributed by atoms with Crippen LogP contribution in [0.3, 0.4) is 0 Å². The van der Waals surface area contributed by atoms with Crippen molar-refractivity contribution in [1.82, 2.24) is 0 Å². The number of esters is 1. The van der Waals surface area contributed by atoms with E-state index < -0.39 is 0 Å². The smallest absolute Gasteiger partial charge is 0.312 e. The first-order valence-electron chi connectivity index (χ1n) is 7.80. The number of aliphatic hydroxyl groups excluding tert-OH is 2. The van der Waals surface area contributed by atoms with Crippen LogP contribution in [0.4, 0.5) is 0 Å². The Morgan fingerprint density at radius 3 is 2.65 bits per heavy atom. The lowest BCUT2D eigenvalue weighted by Crippen LogP contribution is -2.37. The van der Waals surface area contributed by atoms with Crippen LogP contribution in [-0.4, -0.2) is 36.0 Å². The van der Waals surface area contributed by atoms with Gasteiger partial charge in [0.2, 0.25) is 0 Å². The van der Waals surface area contributed by atoms with Crippen molar-refractivity contribution in [3.05, 3.63) is 12.2 Å². The predicted molar refractivity (Wildman–Crippen MR) is 76.0 cm³/mol. The molecule has 0 aromatic rings. The zero-order valence-corrected chi connectivity index (χ0v) is 12.1. The quantitative estimate of drug-likeness (QED) is 0.406. The van der Waals surface area contributed by atoms with E-state index >= 15 is 0 Å². The molecule has 4 heteroatoms. The second kappa shape index (κ2) is 7.23. The third-order valence-corrected chi connectivity index (χ3v) is 4.77. The van der Waals surface area contributed by atoms with E-state index in [0.29, 0.717) is 6.61 Å². The van der Waals surface area contributed by atoms with E-state index in [-0.39, 0.29) is 36.4 Å². The maximum absolute atomic E-state index is 12.2. The average Bonchev–Trinajstić information content (AvgIpc) is 2.79. The van der Waals surface area contributed by atoms with Crippen LogP contribution >= 0.6 is 0 Å². The maximum atomic E-state index is 12.2. The van der Waals surface area contributed by atoms with E-state index in [0.717, 1.165) is 44.9 Å². The first-order valence-corrected chi connectivity index (χ1v) is 7.80. The topological polar surface area (TPSA) is 66.8 Å². The molecule has 0 saturated carbocycles. The lowest BCUT2D eigenvalue weighted by Gasteiger charge is -2.35. The minimum absolute atomic E-state index is 0.0688. The first-order chi connectivity index (χ1) is 9.73. The van der Waals surface area contributed by atoms with E-state index in [9.17, 15) is 9.90 Å². The van der Waals surface area contributed by atoms with Gasteiger partial charge in [0.05, 0.1) is 12.0 Å². The first kappa shape index (κ1) is 15.5. The van der Waals surface area contributed by atoms with Gasteiger partial charge in [-0.25, -0.2) is 0 Å². The number of hydrogen-bond donors (Lipinski definition) is 2. The highest BCUT2D eigenvalue weighted by Gasteiger charge is 2.52. The molecule has 0 radical (unpaired) electrons. The Bertz CT molecular complexity index is 352. The fraction of sp³-hybridized carbons (Fsp3) is 0.812. The van der Waals surface area contributed by atoms with Crippen molar-refractivity contribution >= 4 is 5.97 Å². The Balaban J connectivity index is 1.88. The molecule has 4 nitrogen and oxygen atoms in total. The summed E-state index contributed by atoms with van der Waals surface area (Å²) in [6, 6.07) is 0. The molecule has 1 saturated heterocycles. The van der Waals surface area contributed by atoms with Crippen LogP contribution < -0.4 is 0 Å². The van der Waals surface area contributed by atoms with E-state index in [2.05, 4.69) is 6.08 Å². The highest BCUT2D eigenvalue weighted by Crippen LogP contribution is 2.48. The number of carbonyl (C=O) groups is 1. The number of aliphatic hydroxyl groups is 2. The van der Waals surface area contributed by atoms with Gasteiger partial charge < -0.3 is 14.9 Å². The van der Waals surface area contributed by atoms with Gasteiger partial charge in [-0.2, -0.15) is 0 Å². The molecule has 0 amide bonds. The SMILES string of the molecule is O=C1OC[C@@H]2C=C[C@H](CO)C[C@]12CCCCCCCO. The average molecular weight is 282 g/mol. The van der Waals surface area contributed by atoms with Crippen LogP contribution in [0, 0.1) is 17.3 Å². The van der Waals surface area contributed by atoms with Crippen molar-refractivity contribution in [2.75, 3.05) is 19.8 Å².